The van der Waals surface area contributed by atoms with Crippen molar-refractivity contribution in [2.24, 2.45) is 15.4 Å². The second-order valence-electron chi connectivity index (χ2n) is 8.07. The van der Waals surface area contributed by atoms with E-state index >= 15 is 0 Å². The molecule has 1 atom stereocenters. The average molecular weight is 369 g/mol. The van der Waals surface area contributed by atoms with Crippen LogP contribution < -0.4 is 5.32 Å². The highest BCUT2D eigenvalue weighted by Gasteiger charge is 2.53. The summed E-state index contributed by atoms with van der Waals surface area (Å²) in [7, 11) is 0. The molecule has 0 radical (unpaired) electrons. The molecule has 3 aliphatic rings. The Morgan fingerprint density at radius 2 is 2.11 bits per heavy atom. The van der Waals surface area contributed by atoms with Gasteiger partial charge < -0.3 is 10.2 Å². The van der Waals surface area contributed by atoms with E-state index in [-0.39, 0.29) is 5.82 Å². The van der Waals surface area contributed by atoms with E-state index in [0.717, 1.165) is 69.2 Å². The summed E-state index contributed by atoms with van der Waals surface area (Å²) in [6, 6.07) is 5.40. The van der Waals surface area contributed by atoms with E-state index in [2.05, 4.69) is 38.6 Å². The number of rotatable bonds is 6. The summed E-state index contributed by atoms with van der Waals surface area (Å²) in [6.07, 6.45) is 5.44. The normalized spacial score (nSPS) is 22.0. The van der Waals surface area contributed by atoms with Crippen LogP contribution in [0.25, 0.3) is 0 Å². The fourth-order valence-corrected chi connectivity index (χ4v) is 4.41. The fourth-order valence-electron chi connectivity index (χ4n) is 4.41. The van der Waals surface area contributed by atoms with Gasteiger partial charge in [0.1, 0.15) is 11.7 Å². The first-order chi connectivity index (χ1) is 13.1. The van der Waals surface area contributed by atoms with Crippen molar-refractivity contribution in [3.05, 3.63) is 42.4 Å². The molecule has 0 aromatic heterocycles. The van der Waals surface area contributed by atoms with Gasteiger partial charge in [-0.1, -0.05) is 6.58 Å². The quantitative estimate of drug-likeness (QED) is 0.839. The minimum Gasteiger partial charge on any atom is -0.362 e. The van der Waals surface area contributed by atoms with Crippen molar-refractivity contribution in [3.8, 4) is 0 Å². The summed E-state index contributed by atoms with van der Waals surface area (Å²) in [5.74, 6) is 0.880. The lowest BCUT2D eigenvalue weighted by molar-refractivity contribution is -0.103. The van der Waals surface area contributed by atoms with Crippen LogP contribution in [0.15, 0.2) is 41.0 Å². The van der Waals surface area contributed by atoms with Gasteiger partial charge in [0.15, 0.2) is 0 Å². The van der Waals surface area contributed by atoms with Crippen LogP contribution in [0.1, 0.15) is 18.9 Å². The zero-order chi connectivity index (χ0) is 18.9. The third-order valence-corrected chi connectivity index (χ3v) is 5.94. The summed E-state index contributed by atoms with van der Waals surface area (Å²) in [4.78, 5) is 13.8. The van der Waals surface area contributed by atoms with Gasteiger partial charge in [0.25, 0.3) is 0 Å². The maximum atomic E-state index is 13.6. The Morgan fingerprint density at radius 1 is 1.30 bits per heavy atom. The van der Waals surface area contributed by atoms with Gasteiger partial charge in [-0.2, -0.15) is 0 Å². The molecule has 1 unspecified atom stereocenters. The van der Waals surface area contributed by atoms with E-state index in [9.17, 15) is 4.39 Å². The van der Waals surface area contributed by atoms with E-state index in [4.69, 9.17) is 0 Å². The van der Waals surface area contributed by atoms with Gasteiger partial charge in [0, 0.05) is 43.3 Å². The smallest absolute Gasteiger partial charge is 0.141 e. The Bertz CT molecular complexity index is 758. The number of halogens is 1. The summed E-state index contributed by atoms with van der Waals surface area (Å²) >= 11 is 0. The second kappa shape index (κ2) is 7.43. The van der Waals surface area contributed by atoms with Crippen molar-refractivity contribution in [1.82, 2.24) is 9.80 Å². The Kier molecular flexibility index (Phi) is 5.00. The lowest BCUT2D eigenvalue weighted by atomic mass is 9.72. The first-order valence-corrected chi connectivity index (χ1v) is 9.78. The lowest BCUT2D eigenvalue weighted by Gasteiger charge is -2.62. The van der Waals surface area contributed by atoms with Crippen LogP contribution in [0.4, 0.5) is 10.1 Å². The first kappa shape index (κ1) is 18.2. The Labute approximate surface area is 160 Å². The molecule has 0 bridgehead atoms. The van der Waals surface area contributed by atoms with E-state index in [0.29, 0.717) is 11.5 Å². The van der Waals surface area contributed by atoms with E-state index in [1.807, 2.05) is 6.21 Å². The van der Waals surface area contributed by atoms with Crippen molar-refractivity contribution in [2.45, 2.75) is 25.8 Å². The highest BCUT2D eigenvalue weighted by atomic mass is 19.1. The summed E-state index contributed by atoms with van der Waals surface area (Å²) in [5, 5.41) is 3.11. The number of hydrogen-bond donors (Lipinski definition) is 1. The molecule has 1 aromatic carbocycles. The van der Waals surface area contributed by atoms with Crippen LogP contribution >= 0.6 is 0 Å². The second-order valence-corrected chi connectivity index (χ2v) is 8.07. The number of nitrogens with one attached hydrogen (secondary N) is 1. The minimum absolute atomic E-state index is 0.182. The van der Waals surface area contributed by atoms with E-state index in [1.54, 1.807) is 18.3 Å². The summed E-state index contributed by atoms with van der Waals surface area (Å²) in [5.41, 5.74) is 2.40. The zero-order valence-electron chi connectivity index (χ0n) is 16.0. The van der Waals surface area contributed by atoms with Crippen molar-refractivity contribution in [1.29, 1.82) is 0 Å². The molecule has 2 saturated heterocycles. The fraction of sp³-hybridized carbons (Fsp3) is 0.524. The summed E-state index contributed by atoms with van der Waals surface area (Å²) in [6.45, 7) is 12.1. The van der Waals surface area contributed by atoms with Gasteiger partial charge in [-0.05, 0) is 49.7 Å². The van der Waals surface area contributed by atoms with Crippen molar-refractivity contribution in [3.63, 3.8) is 0 Å². The Hall–Kier alpha value is -2.21. The number of amidine groups is 1. The zero-order valence-corrected chi connectivity index (χ0v) is 16.0. The molecule has 1 spiro atoms. The van der Waals surface area contributed by atoms with E-state index in [1.165, 1.54) is 6.07 Å². The number of aliphatic imine (C=N–C) groups is 2. The highest BCUT2D eigenvalue weighted by molar-refractivity contribution is 6.29. The average Bonchev–Trinajstić information content (AvgIpc) is 2.60. The van der Waals surface area contributed by atoms with Crippen LogP contribution in [0.5, 0.6) is 0 Å². The molecule has 1 aromatic rings. The van der Waals surface area contributed by atoms with Crippen molar-refractivity contribution in [2.75, 3.05) is 44.6 Å². The molecule has 144 valence electrons. The predicted molar refractivity (Wildman–Crippen MR) is 109 cm³/mol. The number of likely N-dealkylation sites (tertiary alicyclic amines) is 2. The molecular formula is C21H28FN5. The molecule has 3 aliphatic heterocycles. The van der Waals surface area contributed by atoms with Gasteiger partial charge >= 0.3 is 0 Å². The largest absolute Gasteiger partial charge is 0.362 e. The van der Waals surface area contributed by atoms with Crippen LogP contribution in [0, 0.1) is 11.2 Å². The number of hydrogen-bond acceptors (Lipinski definition) is 5. The highest BCUT2D eigenvalue weighted by Crippen LogP contribution is 2.41. The van der Waals surface area contributed by atoms with Crippen molar-refractivity contribution >= 4 is 17.7 Å². The van der Waals surface area contributed by atoms with Crippen LogP contribution in [0.2, 0.25) is 0 Å². The van der Waals surface area contributed by atoms with Crippen molar-refractivity contribution < 1.29 is 4.39 Å². The molecule has 0 aliphatic carbocycles. The third kappa shape index (κ3) is 3.76. The standard InChI is InChI=1S/C21H28FN5/c1-3-24-19-7-6-18(22)10-17(19)5-4-16(2)26-12-21(13-26)14-27(15-21)20-11-23-8-9-25-20/h3,6-7,10-11,16,24H,1,4-5,8-9,12-15H2,2H3. The number of benzene rings is 1. The Balaban J connectivity index is 1.25. The molecule has 3 heterocycles. The topological polar surface area (TPSA) is 43.2 Å². The molecule has 27 heavy (non-hydrogen) atoms. The molecule has 1 N–H and O–H groups in total. The van der Waals surface area contributed by atoms with Crippen LogP contribution in [0.3, 0.4) is 0 Å². The third-order valence-electron chi connectivity index (χ3n) is 5.94. The molecular weight excluding hydrogens is 341 g/mol. The molecule has 4 rings (SSSR count). The molecule has 5 nitrogen and oxygen atoms in total. The Morgan fingerprint density at radius 3 is 2.81 bits per heavy atom. The van der Waals surface area contributed by atoms with Crippen LogP contribution in [-0.4, -0.2) is 67.2 Å². The van der Waals surface area contributed by atoms with Gasteiger partial charge in [0.2, 0.25) is 0 Å². The van der Waals surface area contributed by atoms with Gasteiger partial charge in [-0.25, -0.2) is 4.39 Å². The first-order valence-electron chi connectivity index (χ1n) is 9.78. The predicted octanol–water partition coefficient (Wildman–Crippen LogP) is 2.80. The maximum absolute atomic E-state index is 13.6. The van der Waals surface area contributed by atoms with Gasteiger partial charge in [-0.3, -0.25) is 14.9 Å². The molecule has 2 fully saturated rings. The van der Waals surface area contributed by atoms with Gasteiger partial charge in [-0.15, -0.1) is 0 Å². The monoisotopic (exact) mass is 369 g/mol. The summed E-state index contributed by atoms with van der Waals surface area (Å²) < 4.78 is 13.6. The van der Waals surface area contributed by atoms with Gasteiger partial charge in [0.05, 0.1) is 19.3 Å². The SMILES string of the molecule is C=CNc1ccc(F)cc1CCC(C)N1CC2(CN(C3=NCCN=C3)C2)C1. The number of anilines is 1. The number of nitrogens with zero attached hydrogens (tertiary/aromatic N) is 4. The minimum atomic E-state index is -0.182. The van der Waals surface area contributed by atoms with E-state index < -0.39 is 0 Å². The molecule has 0 saturated carbocycles. The lowest BCUT2D eigenvalue weighted by Crippen LogP contribution is -2.74. The molecule has 6 heteroatoms. The van der Waals surface area contributed by atoms with Crippen LogP contribution in [-0.2, 0) is 6.42 Å². The molecule has 0 amide bonds. The maximum Gasteiger partial charge on any atom is 0.141 e. The number of aryl methyl sites for hydroxylation is 1.